The van der Waals surface area contributed by atoms with E-state index in [1.807, 2.05) is 30.3 Å². The lowest BCUT2D eigenvalue weighted by Gasteiger charge is -2.20. The summed E-state index contributed by atoms with van der Waals surface area (Å²) in [5.74, 6) is 0.518. The summed E-state index contributed by atoms with van der Waals surface area (Å²) < 4.78 is 5.97. The first kappa shape index (κ1) is 19.1. The molecule has 6 heteroatoms. The quantitative estimate of drug-likeness (QED) is 0.667. The Morgan fingerprint density at radius 1 is 1.14 bits per heavy atom. The molecule has 1 aliphatic rings. The predicted octanol–water partition coefficient (Wildman–Crippen LogP) is 3.70. The van der Waals surface area contributed by atoms with Gasteiger partial charge in [0.2, 0.25) is 5.88 Å². The van der Waals surface area contributed by atoms with Crippen LogP contribution in [0, 0.1) is 0 Å². The van der Waals surface area contributed by atoms with Gasteiger partial charge in [-0.2, -0.15) is 0 Å². The Balaban J connectivity index is 1.70. The van der Waals surface area contributed by atoms with Gasteiger partial charge in [0.05, 0.1) is 11.3 Å². The summed E-state index contributed by atoms with van der Waals surface area (Å²) in [6.45, 7) is 0.365. The fourth-order valence-electron chi connectivity index (χ4n) is 3.60. The van der Waals surface area contributed by atoms with E-state index in [-0.39, 0.29) is 5.91 Å². The lowest BCUT2D eigenvalue weighted by atomic mass is 9.89. The van der Waals surface area contributed by atoms with Gasteiger partial charge in [-0.1, -0.05) is 6.07 Å². The van der Waals surface area contributed by atoms with Crippen LogP contribution in [0.2, 0.25) is 0 Å². The van der Waals surface area contributed by atoms with Crippen molar-refractivity contribution in [1.29, 1.82) is 0 Å². The molecule has 0 atom stereocenters. The number of fused-ring (bicyclic) bond motifs is 1. The Kier molecular flexibility index (Phi) is 5.51. The number of hydrogen-bond acceptors (Lipinski definition) is 5. The first-order valence-electron chi connectivity index (χ1n) is 9.84. The van der Waals surface area contributed by atoms with Gasteiger partial charge < -0.3 is 9.64 Å². The number of carbonyl (C=O) groups excluding carboxylic acids is 1. The molecule has 3 heterocycles. The van der Waals surface area contributed by atoms with E-state index in [9.17, 15) is 4.79 Å². The van der Waals surface area contributed by atoms with Crippen molar-refractivity contribution < 1.29 is 9.53 Å². The largest absolute Gasteiger partial charge is 0.471 e. The van der Waals surface area contributed by atoms with E-state index < -0.39 is 0 Å². The number of pyridine rings is 3. The highest BCUT2D eigenvalue weighted by Crippen LogP contribution is 2.33. The third-order valence-electron chi connectivity index (χ3n) is 5.07. The fraction of sp³-hybridized carbons (Fsp3) is 0.304. The van der Waals surface area contributed by atoms with E-state index in [2.05, 4.69) is 9.97 Å². The minimum atomic E-state index is -0.0612. The summed E-state index contributed by atoms with van der Waals surface area (Å²) in [6, 6.07) is 9.62. The average molecular weight is 388 g/mol. The van der Waals surface area contributed by atoms with E-state index in [1.165, 1.54) is 5.56 Å². The maximum atomic E-state index is 12.4. The van der Waals surface area contributed by atoms with Crippen LogP contribution in [0.5, 0.6) is 5.88 Å². The number of amides is 1. The predicted molar refractivity (Wildman–Crippen MR) is 111 cm³/mol. The van der Waals surface area contributed by atoms with Gasteiger partial charge in [0.15, 0.2) is 0 Å². The van der Waals surface area contributed by atoms with Crippen molar-refractivity contribution in [3.63, 3.8) is 0 Å². The lowest BCUT2D eigenvalue weighted by molar-refractivity contribution is 0.0827. The molecule has 0 radical (unpaired) electrons. The van der Waals surface area contributed by atoms with Crippen molar-refractivity contribution in [1.82, 2.24) is 19.9 Å². The molecule has 3 aromatic rings. The number of rotatable bonds is 5. The number of hydrogen-bond donors (Lipinski definition) is 0. The summed E-state index contributed by atoms with van der Waals surface area (Å²) in [6.07, 6.45) is 9.34. The second kappa shape index (κ2) is 8.39. The second-order valence-corrected chi connectivity index (χ2v) is 7.41. The van der Waals surface area contributed by atoms with E-state index in [1.54, 1.807) is 37.6 Å². The van der Waals surface area contributed by atoms with Gasteiger partial charge in [-0.15, -0.1) is 0 Å². The molecule has 4 rings (SSSR count). The molecule has 0 saturated carbocycles. The minimum Gasteiger partial charge on any atom is -0.471 e. The second-order valence-electron chi connectivity index (χ2n) is 7.41. The average Bonchev–Trinajstić information content (AvgIpc) is 2.77. The van der Waals surface area contributed by atoms with Crippen LogP contribution >= 0.6 is 0 Å². The van der Waals surface area contributed by atoms with Crippen LogP contribution in [0.25, 0.3) is 11.1 Å². The molecule has 3 aromatic heterocycles. The van der Waals surface area contributed by atoms with Crippen LogP contribution in [0.3, 0.4) is 0 Å². The smallest absolute Gasteiger partial charge is 0.254 e. The lowest BCUT2D eigenvalue weighted by Crippen LogP contribution is -2.21. The Bertz CT molecular complexity index is 1020. The van der Waals surface area contributed by atoms with Gasteiger partial charge in [-0.05, 0) is 55.0 Å². The van der Waals surface area contributed by atoms with Crippen LogP contribution in [-0.4, -0.2) is 39.9 Å². The van der Waals surface area contributed by atoms with E-state index in [0.717, 1.165) is 48.2 Å². The van der Waals surface area contributed by atoms with E-state index >= 15 is 0 Å². The summed E-state index contributed by atoms with van der Waals surface area (Å²) in [5, 5.41) is 0. The molecule has 0 aromatic carbocycles. The third kappa shape index (κ3) is 4.26. The Morgan fingerprint density at radius 2 is 2.00 bits per heavy atom. The van der Waals surface area contributed by atoms with Crippen molar-refractivity contribution in [2.24, 2.45) is 0 Å². The summed E-state index contributed by atoms with van der Waals surface area (Å²) in [7, 11) is 3.49. The van der Waals surface area contributed by atoms with Gasteiger partial charge in [-0.25, -0.2) is 4.98 Å². The number of carbonyl (C=O) groups is 1. The van der Waals surface area contributed by atoms with Crippen molar-refractivity contribution in [2.75, 3.05) is 14.1 Å². The minimum absolute atomic E-state index is 0.0612. The van der Waals surface area contributed by atoms with Crippen LogP contribution in [0.1, 0.15) is 40.2 Å². The van der Waals surface area contributed by atoms with Gasteiger partial charge in [-0.3, -0.25) is 14.8 Å². The normalized spacial score (nSPS) is 12.9. The maximum Gasteiger partial charge on any atom is 0.254 e. The monoisotopic (exact) mass is 388 g/mol. The van der Waals surface area contributed by atoms with Crippen LogP contribution in [-0.2, 0) is 19.4 Å². The molecular formula is C23H24N4O2. The molecule has 29 heavy (non-hydrogen) atoms. The van der Waals surface area contributed by atoms with Crippen LogP contribution < -0.4 is 4.74 Å². The van der Waals surface area contributed by atoms with Gasteiger partial charge >= 0.3 is 0 Å². The molecule has 148 valence electrons. The molecule has 0 N–H and O–H groups in total. The molecule has 0 bridgehead atoms. The first-order valence-corrected chi connectivity index (χ1v) is 9.84. The number of nitrogens with zero attached hydrogens (tertiary/aromatic N) is 4. The summed E-state index contributed by atoms with van der Waals surface area (Å²) >= 11 is 0. The van der Waals surface area contributed by atoms with Crippen LogP contribution in [0.15, 0.2) is 48.9 Å². The number of aromatic nitrogens is 3. The highest BCUT2D eigenvalue weighted by atomic mass is 16.5. The molecule has 0 spiro atoms. The third-order valence-corrected chi connectivity index (χ3v) is 5.07. The molecule has 0 unspecified atom stereocenters. The zero-order chi connectivity index (χ0) is 20.2. The summed E-state index contributed by atoms with van der Waals surface area (Å²) in [4.78, 5) is 27.3. The molecular weight excluding hydrogens is 364 g/mol. The number of ether oxygens (including phenoxy) is 1. The molecule has 6 nitrogen and oxygen atoms in total. The van der Waals surface area contributed by atoms with Crippen molar-refractivity contribution >= 4 is 5.91 Å². The summed E-state index contributed by atoms with van der Waals surface area (Å²) in [5.41, 5.74) is 5.71. The van der Waals surface area contributed by atoms with Crippen molar-refractivity contribution in [3.05, 3.63) is 71.4 Å². The fourth-order valence-corrected chi connectivity index (χ4v) is 3.60. The Hall–Kier alpha value is -3.28. The Morgan fingerprint density at radius 3 is 2.79 bits per heavy atom. The maximum absolute atomic E-state index is 12.4. The zero-order valence-electron chi connectivity index (χ0n) is 16.8. The zero-order valence-corrected chi connectivity index (χ0v) is 16.8. The first-order chi connectivity index (χ1) is 14.1. The van der Waals surface area contributed by atoms with Gasteiger partial charge in [0, 0.05) is 50.0 Å². The van der Waals surface area contributed by atoms with Gasteiger partial charge in [0.25, 0.3) is 5.91 Å². The highest BCUT2D eigenvalue weighted by molar-refractivity contribution is 5.94. The molecule has 1 aliphatic carbocycles. The standard InChI is InChI=1S/C23H24N4O2/c1-27(2)23(28)17-11-16(13-24-14-17)20-12-22(26-21-9-4-3-8-19(20)21)29-15-18-7-5-6-10-25-18/h5-7,10-14H,3-4,8-9,15H2,1-2H3. The molecule has 0 saturated heterocycles. The van der Waals surface area contributed by atoms with E-state index in [4.69, 9.17) is 9.72 Å². The molecule has 0 fully saturated rings. The topological polar surface area (TPSA) is 68.2 Å². The van der Waals surface area contributed by atoms with Crippen molar-refractivity contribution in [2.45, 2.75) is 32.3 Å². The SMILES string of the molecule is CN(C)C(=O)c1cncc(-c2cc(OCc3ccccn3)nc3c2CCCC3)c1. The number of aryl methyl sites for hydroxylation is 1. The highest BCUT2D eigenvalue weighted by Gasteiger charge is 2.19. The van der Waals surface area contributed by atoms with E-state index in [0.29, 0.717) is 18.1 Å². The van der Waals surface area contributed by atoms with Gasteiger partial charge in [0.1, 0.15) is 6.61 Å². The Labute approximate surface area is 170 Å². The van der Waals surface area contributed by atoms with Crippen LogP contribution in [0.4, 0.5) is 0 Å². The molecule has 1 amide bonds. The molecule has 0 aliphatic heterocycles. The van der Waals surface area contributed by atoms with Crippen molar-refractivity contribution in [3.8, 4) is 17.0 Å².